The van der Waals surface area contributed by atoms with E-state index in [1.54, 1.807) is 0 Å². The highest BCUT2D eigenvalue weighted by Crippen LogP contribution is 2.72. The minimum atomic E-state index is -4.64. The maximum Gasteiger partial charge on any atom is 0.466 e. The van der Waals surface area contributed by atoms with Gasteiger partial charge in [0.05, 0.1) is 31.8 Å². The summed E-state index contributed by atoms with van der Waals surface area (Å²) in [4.78, 5) is 21.6. The first-order valence-electron chi connectivity index (χ1n) is 5.57. The van der Waals surface area contributed by atoms with Crippen LogP contribution >= 0.6 is 33.1 Å². The summed E-state index contributed by atoms with van der Waals surface area (Å²) in [5, 5.41) is 34.0. The predicted molar refractivity (Wildman–Crippen MR) is 78.8 cm³/mol. The summed E-state index contributed by atoms with van der Waals surface area (Å²) < 4.78 is 69.6. The second-order valence-corrected chi connectivity index (χ2v) is 9.46. The van der Waals surface area contributed by atoms with Gasteiger partial charge in [0.1, 0.15) is 0 Å². The number of hydrogen-bond donors (Lipinski definition) is 7. The zero-order valence-electron chi connectivity index (χ0n) is 11.9. The third kappa shape index (κ3) is 11.8. The van der Waals surface area contributed by atoms with Gasteiger partial charge in [-0.1, -0.05) is 0 Å². The summed E-state index contributed by atoms with van der Waals surface area (Å²) in [5.41, 5.74) is -1.11. The van der Waals surface area contributed by atoms with Crippen LogP contribution in [0.4, 0.5) is 21.6 Å². The molecule has 0 aromatic heterocycles. The van der Waals surface area contributed by atoms with Crippen LogP contribution in [-0.4, -0.2) is 70.9 Å². The fraction of sp³-hybridized carbons (Fsp3) is 1.00. The number of nitrogens with zero attached hydrogens (tertiary/aromatic N) is 3. The van der Waals surface area contributed by atoms with E-state index >= 15 is 0 Å². The van der Waals surface area contributed by atoms with Gasteiger partial charge in [-0.3, -0.25) is 0 Å². The van der Waals surface area contributed by atoms with Gasteiger partial charge in [-0.25, -0.2) is 4.57 Å². The molecule has 0 aromatic carbocycles. The quantitative estimate of drug-likeness (QED) is 0.180. The van der Waals surface area contributed by atoms with E-state index in [2.05, 4.69) is 4.52 Å². The molecule has 20 heteroatoms. The standard InChI is InChI=1S/C5H12O4.F5HN3P3.H3O4P/c6-1-5(2-7,3-8)4-9;1-7-9(3)6-10(4)8(2)11(7)5;1-5(2,3)4/h6-9H,1-4H2;9H;(H3,1,2,3,4). The molecule has 0 aromatic rings. The van der Waals surface area contributed by atoms with Gasteiger partial charge < -0.3 is 35.1 Å². The van der Waals surface area contributed by atoms with Crippen molar-refractivity contribution in [3.05, 3.63) is 0 Å². The maximum absolute atomic E-state index is 12.1. The molecule has 1 aliphatic heterocycles. The molecule has 11 nitrogen and oxygen atoms in total. The van der Waals surface area contributed by atoms with Gasteiger partial charge in [-0.2, -0.15) is 17.1 Å². The lowest BCUT2D eigenvalue weighted by Crippen LogP contribution is -2.37. The highest BCUT2D eigenvalue weighted by atomic mass is 31.3. The Morgan fingerprint density at radius 3 is 1.56 bits per heavy atom. The van der Waals surface area contributed by atoms with Gasteiger partial charge in [0.25, 0.3) is 0 Å². The van der Waals surface area contributed by atoms with Crippen LogP contribution in [0.2, 0.25) is 0 Å². The Kier molecular flexibility index (Phi) is 14.4. The average molecular weight is 465 g/mol. The van der Waals surface area contributed by atoms with Gasteiger partial charge in [0, 0.05) is 0 Å². The number of halogens is 5. The number of phosphoric acid groups is 1. The second kappa shape index (κ2) is 12.9. The summed E-state index contributed by atoms with van der Waals surface area (Å²) >= 11 is 0. The Balaban J connectivity index is 0. The van der Waals surface area contributed by atoms with Crippen molar-refractivity contribution in [2.45, 2.75) is 0 Å². The van der Waals surface area contributed by atoms with Crippen molar-refractivity contribution in [1.82, 2.24) is 9.33 Å². The van der Waals surface area contributed by atoms with Crippen LogP contribution in [0.25, 0.3) is 0 Å². The van der Waals surface area contributed by atoms with E-state index in [0.717, 1.165) is 0 Å². The second-order valence-electron chi connectivity index (χ2n) is 4.00. The molecule has 3 unspecified atom stereocenters. The van der Waals surface area contributed by atoms with E-state index in [1.165, 1.54) is 0 Å². The summed E-state index contributed by atoms with van der Waals surface area (Å²) in [7, 11) is -15.3. The van der Waals surface area contributed by atoms with Crippen LogP contribution in [0, 0.1) is 5.41 Å². The van der Waals surface area contributed by atoms with E-state index in [9.17, 15) is 21.6 Å². The van der Waals surface area contributed by atoms with Gasteiger partial charge in [-0.15, -0.1) is 8.96 Å². The minimum absolute atomic E-state index is 0.406. The predicted octanol–water partition coefficient (Wildman–Crippen LogP) is 0.976. The Morgan fingerprint density at radius 1 is 1.00 bits per heavy atom. The molecule has 0 aliphatic carbocycles. The topological polar surface area (TPSA) is 178 Å². The molecule has 0 spiro atoms. The fourth-order valence-corrected chi connectivity index (χ4v) is 4.32. The van der Waals surface area contributed by atoms with Gasteiger partial charge in [0.15, 0.2) is 0 Å². The molecule has 0 fully saturated rings. The average Bonchev–Trinajstić information content (AvgIpc) is 2.53. The number of rotatable bonds is 4. The summed E-state index contributed by atoms with van der Waals surface area (Å²) in [6.07, 6.45) is 0. The molecule has 0 saturated carbocycles. The zero-order valence-corrected chi connectivity index (χ0v) is 15.6. The molecule has 3 atom stereocenters. The van der Waals surface area contributed by atoms with Crippen LogP contribution in [0.1, 0.15) is 0 Å². The molecule has 1 rings (SSSR count). The van der Waals surface area contributed by atoms with Gasteiger partial charge in [-0.05, 0) is 9.33 Å². The van der Waals surface area contributed by atoms with Crippen molar-refractivity contribution in [2.24, 2.45) is 9.93 Å². The molecule has 0 amide bonds. The molecule has 7 N–H and O–H groups in total. The molecule has 25 heavy (non-hydrogen) atoms. The van der Waals surface area contributed by atoms with Crippen LogP contribution in [-0.2, 0) is 4.57 Å². The number of aliphatic hydroxyl groups excluding tert-OH is 4. The molecule has 0 radical (unpaired) electrons. The Morgan fingerprint density at radius 2 is 1.32 bits per heavy atom. The molecular formula is C5H16F5N3O8P4. The molecule has 0 saturated heterocycles. The summed E-state index contributed by atoms with van der Waals surface area (Å²) in [5.74, 6) is 0. The monoisotopic (exact) mass is 465 g/mol. The van der Waals surface area contributed by atoms with E-state index in [4.69, 9.17) is 39.7 Å². The largest absolute Gasteiger partial charge is 0.466 e. The Labute approximate surface area is 141 Å². The van der Waals surface area contributed by atoms with Gasteiger partial charge in [0.2, 0.25) is 8.17 Å². The Hall–Kier alpha value is 0.610. The normalized spacial score (nSPS) is 25.2. The van der Waals surface area contributed by atoms with E-state index in [-0.39, 0.29) is 0 Å². The van der Waals surface area contributed by atoms with E-state index in [1.807, 2.05) is 0 Å². The van der Waals surface area contributed by atoms with Crippen molar-refractivity contribution >= 4 is 33.1 Å². The lowest BCUT2D eigenvalue weighted by Gasteiger charge is -2.23. The van der Waals surface area contributed by atoms with E-state index in [0.29, 0.717) is 0 Å². The minimum Gasteiger partial charge on any atom is -0.396 e. The van der Waals surface area contributed by atoms with E-state index < -0.39 is 74.2 Å². The third-order valence-electron chi connectivity index (χ3n) is 2.08. The molecular weight excluding hydrogens is 449 g/mol. The first-order chi connectivity index (χ1) is 11.3. The summed E-state index contributed by atoms with van der Waals surface area (Å²) in [6.45, 7) is -1.62. The summed E-state index contributed by atoms with van der Waals surface area (Å²) in [6, 6.07) is 0. The van der Waals surface area contributed by atoms with Crippen molar-refractivity contribution in [3.8, 4) is 0 Å². The number of aliphatic hydroxyl groups is 4. The van der Waals surface area contributed by atoms with Crippen LogP contribution in [0.5, 0.6) is 0 Å². The highest BCUT2D eigenvalue weighted by molar-refractivity contribution is 7.73. The molecule has 1 heterocycles. The van der Waals surface area contributed by atoms with Crippen LogP contribution in [0.15, 0.2) is 4.52 Å². The lowest BCUT2D eigenvalue weighted by atomic mass is 9.93. The van der Waals surface area contributed by atoms with Crippen molar-refractivity contribution in [1.29, 1.82) is 0 Å². The fourth-order valence-electron chi connectivity index (χ4n) is 0.636. The van der Waals surface area contributed by atoms with Crippen molar-refractivity contribution < 1.29 is 61.2 Å². The first-order valence-corrected chi connectivity index (χ1v) is 10.7. The highest BCUT2D eigenvalue weighted by Gasteiger charge is 2.42. The molecule has 0 bridgehead atoms. The zero-order chi connectivity index (χ0) is 20.4. The SMILES string of the molecule is FN1P(F)N=[PH](F)N(F)P1F.O=P(O)(O)O.OCC(CO)(CO)CO. The third-order valence-corrected chi connectivity index (χ3v) is 6.41. The van der Waals surface area contributed by atoms with Crippen LogP contribution in [0.3, 0.4) is 0 Å². The Bertz CT molecular complexity index is 432. The smallest absolute Gasteiger partial charge is 0.396 e. The van der Waals surface area contributed by atoms with Crippen molar-refractivity contribution in [2.75, 3.05) is 26.4 Å². The van der Waals surface area contributed by atoms with Gasteiger partial charge >= 0.3 is 24.9 Å². The van der Waals surface area contributed by atoms with Crippen LogP contribution < -0.4 is 0 Å². The maximum atomic E-state index is 12.1. The number of hydrogen-bond acceptors (Lipinski definition) is 8. The lowest BCUT2D eigenvalue weighted by molar-refractivity contribution is -0.0328. The first kappa shape index (κ1) is 27.8. The molecule has 154 valence electrons. The molecule has 1 aliphatic rings. The van der Waals surface area contributed by atoms with Crippen molar-refractivity contribution in [3.63, 3.8) is 0 Å².